The number of nitriles is 1. The third-order valence-electron chi connectivity index (χ3n) is 3.74. The second kappa shape index (κ2) is 6.36. The van der Waals surface area contributed by atoms with Gasteiger partial charge in [-0.05, 0) is 32.4 Å². The zero-order chi connectivity index (χ0) is 15.4. The van der Waals surface area contributed by atoms with Crippen LogP contribution in [0.15, 0.2) is 30.3 Å². The van der Waals surface area contributed by atoms with Gasteiger partial charge in [0.25, 0.3) is 0 Å². The van der Waals surface area contributed by atoms with Gasteiger partial charge in [-0.15, -0.1) is 0 Å². The Morgan fingerprint density at radius 1 is 1.19 bits per heavy atom. The smallest absolute Gasteiger partial charge is 0.133 e. The van der Waals surface area contributed by atoms with Gasteiger partial charge in [0.05, 0.1) is 12.2 Å². The van der Waals surface area contributed by atoms with Crippen LogP contribution >= 0.6 is 0 Å². The number of rotatable bonds is 5. The minimum Gasteiger partial charge on any atom is -0.396 e. The lowest BCUT2D eigenvalue weighted by molar-refractivity contribution is 0.740. The summed E-state index contributed by atoms with van der Waals surface area (Å²) in [6.45, 7) is 8.65. The Labute approximate surface area is 126 Å². The van der Waals surface area contributed by atoms with E-state index in [1.54, 1.807) is 6.07 Å². The summed E-state index contributed by atoms with van der Waals surface area (Å²) in [5, 5.41) is 9.36. The summed E-state index contributed by atoms with van der Waals surface area (Å²) >= 11 is 0. The van der Waals surface area contributed by atoms with Crippen LogP contribution in [-0.2, 0) is 6.54 Å². The molecule has 0 bridgehead atoms. The fourth-order valence-corrected chi connectivity index (χ4v) is 2.56. The zero-order valence-corrected chi connectivity index (χ0v) is 12.9. The maximum atomic E-state index is 9.36. The van der Waals surface area contributed by atoms with Crippen molar-refractivity contribution in [2.45, 2.75) is 27.3 Å². The number of nitrogens with two attached hydrogens (primary N) is 1. The maximum absolute atomic E-state index is 9.36. The van der Waals surface area contributed by atoms with E-state index in [-0.39, 0.29) is 0 Å². The molecule has 0 fully saturated rings. The molecule has 2 rings (SSSR count). The first-order valence-corrected chi connectivity index (χ1v) is 7.30. The van der Waals surface area contributed by atoms with Crippen LogP contribution in [0, 0.1) is 18.3 Å². The molecule has 2 aromatic rings. The molecule has 2 N–H and O–H groups in total. The van der Waals surface area contributed by atoms with Crippen molar-refractivity contribution in [2.75, 3.05) is 23.7 Å². The highest BCUT2D eigenvalue weighted by Gasteiger charge is 2.17. The molecule has 0 amide bonds. The van der Waals surface area contributed by atoms with Crippen molar-refractivity contribution in [3.8, 4) is 6.07 Å². The van der Waals surface area contributed by atoms with Crippen molar-refractivity contribution in [2.24, 2.45) is 0 Å². The summed E-state index contributed by atoms with van der Waals surface area (Å²) in [6, 6.07) is 12.4. The number of anilines is 2. The first-order chi connectivity index (χ1) is 10.1. The van der Waals surface area contributed by atoms with E-state index in [4.69, 9.17) is 5.73 Å². The fraction of sp³-hybridized carbons (Fsp3) is 0.353. The SMILES string of the molecule is CCN(CC)c1c(N)cc(C#N)n1Cc1ccc(C)cc1. The van der Waals surface area contributed by atoms with Gasteiger partial charge in [0.15, 0.2) is 0 Å². The van der Waals surface area contributed by atoms with E-state index < -0.39 is 0 Å². The highest BCUT2D eigenvalue weighted by Crippen LogP contribution is 2.28. The molecule has 1 aromatic heterocycles. The van der Waals surface area contributed by atoms with Gasteiger partial charge in [0, 0.05) is 13.1 Å². The van der Waals surface area contributed by atoms with E-state index in [0.29, 0.717) is 17.9 Å². The topological polar surface area (TPSA) is 58.0 Å². The third-order valence-corrected chi connectivity index (χ3v) is 3.74. The monoisotopic (exact) mass is 282 g/mol. The van der Waals surface area contributed by atoms with Crippen LogP contribution in [0.25, 0.3) is 0 Å². The van der Waals surface area contributed by atoms with Gasteiger partial charge in [0.1, 0.15) is 17.6 Å². The predicted octanol–water partition coefficient (Wildman–Crippen LogP) is 3.14. The standard InChI is InChI=1S/C17H22N4/c1-4-20(5-2)17-16(19)10-15(11-18)21(17)12-14-8-6-13(3)7-9-14/h6-10H,4-5,12,19H2,1-3H3. The number of hydrogen-bond acceptors (Lipinski definition) is 3. The van der Waals surface area contributed by atoms with E-state index in [1.807, 2.05) is 4.57 Å². The van der Waals surface area contributed by atoms with Crippen molar-refractivity contribution >= 4 is 11.5 Å². The zero-order valence-electron chi connectivity index (χ0n) is 12.9. The minimum atomic E-state index is 0.606. The summed E-state index contributed by atoms with van der Waals surface area (Å²) in [5.74, 6) is 0.942. The number of aryl methyl sites for hydroxylation is 1. The molecule has 21 heavy (non-hydrogen) atoms. The van der Waals surface area contributed by atoms with Gasteiger partial charge in [-0.3, -0.25) is 0 Å². The molecule has 4 nitrogen and oxygen atoms in total. The highest BCUT2D eigenvalue weighted by molar-refractivity contribution is 5.68. The van der Waals surface area contributed by atoms with E-state index in [2.05, 4.69) is 56.0 Å². The molecule has 0 saturated heterocycles. The van der Waals surface area contributed by atoms with Crippen LogP contribution in [0.4, 0.5) is 11.5 Å². The Kier molecular flexibility index (Phi) is 4.54. The summed E-state index contributed by atoms with van der Waals surface area (Å²) in [4.78, 5) is 2.18. The van der Waals surface area contributed by atoms with Crippen molar-refractivity contribution in [1.82, 2.24) is 4.57 Å². The van der Waals surface area contributed by atoms with Crippen LogP contribution in [0.2, 0.25) is 0 Å². The summed E-state index contributed by atoms with van der Waals surface area (Å²) in [6.07, 6.45) is 0. The maximum Gasteiger partial charge on any atom is 0.133 e. The van der Waals surface area contributed by atoms with E-state index >= 15 is 0 Å². The van der Waals surface area contributed by atoms with E-state index in [0.717, 1.165) is 18.9 Å². The Balaban J connectivity index is 2.45. The van der Waals surface area contributed by atoms with Gasteiger partial charge in [0.2, 0.25) is 0 Å². The average molecular weight is 282 g/mol. The van der Waals surface area contributed by atoms with Crippen molar-refractivity contribution in [1.29, 1.82) is 5.26 Å². The second-order valence-electron chi connectivity index (χ2n) is 5.16. The number of nitrogens with zero attached hydrogens (tertiary/aromatic N) is 3. The van der Waals surface area contributed by atoms with Crippen LogP contribution < -0.4 is 10.6 Å². The molecule has 0 radical (unpaired) electrons. The summed E-state index contributed by atoms with van der Waals surface area (Å²) in [5.41, 5.74) is 9.81. The Morgan fingerprint density at radius 3 is 2.33 bits per heavy atom. The fourth-order valence-electron chi connectivity index (χ4n) is 2.56. The molecule has 110 valence electrons. The molecule has 1 aromatic carbocycles. The van der Waals surface area contributed by atoms with Crippen LogP contribution in [0.3, 0.4) is 0 Å². The Hall–Kier alpha value is -2.41. The molecule has 1 heterocycles. The van der Waals surface area contributed by atoms with Gasteiger partial charge in [-0.2, -0.15) is 5.26 Å². The van der Waals surface area contributed by atoms with Crippen molar-refractivity contribution in [3.63, 3.8) is 0 Å². The minimum absolute atomic E-state index is 0.606. The lowest BCUT2D eigenvalue weighted by atomic mass is 10.1. The molecule has 0 spiro atoms. The van der Waals surface area contributed by atoms with Gasteiger partial charge in [-0.1, -0.05) is 29.8 Å². The molecule has 0 saturated carbocycles. The normalized spacial score (nSPS) is 10.4. The Morgan fingerprint density at radius 2 is 1.81 bits per heavy atom. The predicted molar refractivity (Wildman–Crippen MR) is 87.4 cm³/mol. The number of nitrogen functional groups attached to an aromatic ring is 1. The van der Waals surface area contributed by atoms with Crippen molar-refractivity contribution in [3.05, 3.63) is 47.2 Å². The van der Waals surface area contributed by atoms with Crippen LogP contribution in [0.1, 0.15) is 30.7 Å². The largest absolute Gasteiger partial charge is 0.396 e. The molecular formula is C17H22N4. The van der Waals surface area contributed by atoms with E-state index in [9.17, 15) is 5.26 Å². The van der Waals surface area contributed by atoms with E-state index in [1.165, 1.54) is 11.1 Å². The highest BCUT2D eigenvalue weighted by atomic mass is 15.2. The van der Waals surface area contributed by atoms with Gasteiger partial charge < -0.3 is 15.2 Å². The van der Waals surface area contributed by atoms with Gasteiger partial charge >= 0.3 is 0 Å². The average Bonchev–Trinajstić information content (AvgIpc) is 2.80. The van der Waals surface area contributed by atoms with Crippen molar-refractivity contribution < 1.29 is 0 Å². The van der Waals surface area contributed by atoms with Gasteiger partial charge in [-0.25, -0.2) is 0 Å². The third kappa shape index (κ3) is 3.03. The number of hydrogen-bond donors (Lipinski definition) is 1. The number of aromatic nitrogens is 1. The number of benzene rings is 1. The Bertz CT molecular complexity index is 643. The first-order valence-electron chi connectivity index (χ1n) is 7.30. The molecular weight excluding hydrogens is 260 g/mol. The molecule has 0 aliphatic heterocycles. The molecule has 0 unspecified atom stereocenters. The molecule has 0 aliphatic rings. The quantitative estimate of drug-likeness (QED) is 0.916. The molecule has 4 heteroatoms. The molecule has 0 aliphatic carbocycles. The lowest BCUT2D eigenvalue weighted by Crippen LogP contribution is -2.26. The lowest BCUT2D eigenvalue weighted by Gasteiger charge is -2.24. The first kappa shape index (κ1) is 15.0. The van der Waals surface area contributed by atoms with Crippen LogP contribution in [0.5, 0.6) is 0 Å². The second-order valence-corrected chi connectivity index (χ2v) is 5.16. The van der Waals surface area contributed by atoms with Crippen LogP contribution in [-0.4, -0.2) is 17.7 Å². The molecule has 0 atom stereocenters. The summed E-state index contributed by atoms with van der Waals surface area (Å²) < 4.78 is 2.01. The summed E-state index contributed by atoms with van der Waals surface area (Å²) in [7, 11) is 0.